The molecule has 1 amide bonds. The van der Waals surface area contributed by atoms with E-state index in [9.17, 15) is 4.79 Å². The quantitative estimate of drug-likeness (QED) is 0.0696. The number of nitrogens with zero attached hydrogens (tertiary/aromatic N) is 3. The van der Waals surface area contributed by atoms with Crippen molar-refractivity contribution in [1.29, 1.82) is 0 Å². The predicted molar refractivity (Wildman–Crippen MR) is 84.0 cm³/mol. The first-order chi connectivity index (χ1) is 10.5. The molecule has 1 aromatic rings. The Kier molecular flexibility index (Phi) is 11.0. The van der Waals surface area contributed by atoms with Crippen LogP contribution in [0.1, 0.15) is 35.3 Å². The van der Waals surface area contributed by atoms with E-state index in [0.717, 1.165) is 23.1 Å². The maximum atomic E-state index is 12.1. The number of likely N-dealkylation sites (tertiary alicyclic amines) is 1. The lowest BCUT2D eigenvalue weighted by Gasteiger charge is -2.29. The molecule has 6 nitrogen and oxygen atoms in total. The van der Waals surface area contributed by atoms with Crippen LogP contribution in [0.5, 0.6) is 0 Å². The second-order valence-corrected chi connectivity index (χ2v) is 6.30. The Morgan fingerprint density at radius 3 is 2.62 bits per heavy atom. The molecule has 0 unspecified atom stereocenters. The number of amides is 1. The fourth-order valence-electron chi connectivity index (χ4n) is 3.03. The van der Waals surface area contributed by atoms with Crippen molar-refractivity contribution in [2.75, 3.05) is 33.2 Å². The van der Waals surface area contributed by atoms with Gasteiger partial charge in [-0.3, -0.25) is 4.79 Å². The number of aromatic nitrogens is 1. The van der Waals surface area contributed by atoms with Gasteiger partial charge in [0.2, 0.25) is 5.69 Å². The van der Waals surface area contributed by atoms with E-state index < -0.39 is 0 Å². The molecule has 0 aromatic carbocycles. The summed E-state index contributed by atoms with van der Waals surface area (Å²) in [4.78, 5) is 12.1. The number of oxime groups is 1. The third-order valence-electron chi connectivity index (χ3n) is 4.43. The minimum Gasteiger partial charge on any atom is -1.00 e. The highest BCUT2D eigenvalue weighted by Gasteiger charge is 2.25. The van der Waals surface area contributed by atoms with Crippen molar-refractivity contribution >= 4 is 12.1 Å². The minimum atomic E-state index is -0.0628. The van der Waals surface area contributed by atoms with E-state index in [2.05, 4.69) is 17.5 Å². The lowest BCUT2D eigenvalue weighted by atomic mass is 10.2. The van der Waals surface area contributed by atoms with Crippen LogP contribution in [-0.4, -0.2) is 55.0 Å². The molecule has 0 radical (unpaired) electrons. The van der Waals surface area contributed by atoms with Crippen LogP contribution in [0.3, 0.4) is 0 Å². The van der Waals surface area contributed by atoms with Crippen LogP contribution >= 0.6 is 0 Å². The summed E-state index contributed by atoms with van der Waals surface area (Å²) in [7, 11) is 4.11. The lowest BCUT2D eigenvalue weighted by Crippen LogP contribution is -3.00. The maximum Gasteiger partial charge on any atom is 0.257 e. The third kappa shape index (κ3) is 6.79. The van der Waals surface area contributed by atoms with E-state index in [1.54, 1.807) is 22.9 Å². The second-order valence-electron chi connectivity index (χ2n) is 6.30. The van der Waals surface area contributed by atoms with Gasteiger partial charge in [-0.1, -0.05) is 5.16 Å². The predicted octanol–water partition coefficient (Wildman–Crippen LogP) is -5.31. The van der Waals surface area contributed by atoms with Crippen LogP contribution < -0.4 is 57.8 Å². The molecular weight excluding hydrogens is 534 g/mol. The number of hydrogen-bond acceptors (Lipinski definition) is 3. The molecule has 1 aromatic heterocycles. The molecule has 0 atom stereocenters. The zero-order chi connectivity index (χ0) is 16.0. The summed E-state index contributed by atoms with van der Waals surface area (Å²) < 4.78 is 2.89. The first kappa shape index (κ1) is 23.5. The van der Waals surface area contributed by atoms with Gasteiger partial charge in [-0.25, -0.2) is 0 Å². The van der Waals surface area contributed by atoms with Gasteiger partial charge in [0.25, 0.3) is 5.91 Å². The van der Waals surface area contributed by atoms with Gasteiger partial charge >= 0.3 is 0 Å². The van der Waals surface area contributed by atoms with Crippen molar-refractivity contribution in [1.82, 2.24) is 5.32 Å². The van der Waals surface area contributed by atoms with E-state index in [1.165, 1.54) is 32.1 Å². The Hall–Kier alpha value is -0.490. The third-order valence-corrected chi connectivity index (χ3v) is 4.43. The van der Waals surface area contributed by atoms with Crippen LogP contribution in [0.4, 0.5) is 0 Å². The highest BCUT2D eigenvalue weighted by Crippen LogP contribution is 2.16. The summed E-state index contributed by atoms with van der Waals surface area (Å²) in [5.41, 5.74) is 1.34. The molecule has 2 N–H and O–H groups in total. The summed E-state index contributed by atoms with van der Waals surface area (Å²) in [6.07, 6.45) is 6.72. The highest BCUT2D eigenvalue weighted by atomic mass is 127. The van der Waals surface area contributed by atoms with Gasteiger partial charge in [0, 0.05) is 31.9 Å². The number of hydrogen-bond donors (Lipinski definition) is 2. The van der Waals surface area contributed by atoms with E-state index in [4.69, 9.17) is 5.21 Å². The van der Waals surface area contributed by atoms with Crippen molar-refractivity contribution in [3.63, 3.8) is 0 Å². The summed E-state index contributed by atoms with van der Waals surface area (Å²) >= 11 is 0. The molecule has 0 aliphatic carbocycles. The van der Waals surface area contributed by atoms with Crippen LogP contribution in [0.15, 0.2) is 23.5 Å². The van der Waals surface area contributed by atoms with Gasteiger partial charge < -0.3 is 63.0 Å². The molecular formula is C16H26I2N4O2. The number of nitrogens with one attached hydrogen (secondary N) is 1. The molecule has 1 saturated heterocycles. The van der Waals surface area contributed by atoms with E-state index in [-0.39, 0.29) is 53.9 Å². The second kappa shape index (κ2) is 11.2. The number of pyridine rings is 1. The Balaban J connectivity index is 0.00000264. The van der Waals surface area contributed by atoms with E-state index in [0.29, 0.717) is 12.1 Å². The Bertz CT molecular complexity index is 561. The first-order valence-electron chi connectivity index (χ1n) is 7.83. The monoisotopic (exact) mass is 560 g/mol. The van der Waals surface area contributed by atoms with Crippen LogP contribution in [0.25, 0.3) is 0 Å². The van der Waals surface area contributed by atoms with Gasteiger partial charge in [-0.15, -0.1) is 0 Å². The molecule has 1 fully saturated rings. The van der Waals surface area contributed by atoms with Gasteiger partial charge in [0.05, 0.1) is 26.7 Å². The average molecular weight is 560 g/mol. The van der Waals surface area contributed by atoms with Crippen molar-refractivity contribution in [2.24, 2.45) is 12.2 Å². The molecule has 2 rings (SSSR count). The smallest absolute Gasteiger partial charge is 0.257 e. The largest absolute Gasteiger partial charge is 1.00 e. The number of halogens is 2. The number of quaternary nitrogens is 1. The maximum absolute atomic E-state index is 12.1. The van der Waals surface area contributed by atoms with E-state index in [1.807, 2.05) is 7.05 Å². The summed E-state index contributed by atoms with van der Waals surface area (Å²) in [5.74, 6) is -0.0628. The molecule has 0 spiro atoms. The fourth-order valence-corrected chi connectivity index (χ4v) is 3.03. The summed E-state index contributed by atoms with van der Waals surface area (Å²) in [5, 5.41) is 14.5. The van der Waals surface area contributed by atoms with Gasteiger partial charge in [-0.05, 0) is 6.07 Å². The van der Waals surface area contributed by atoms with Gasteiger partial charge in [-0.2, -0.15) is 4.57 Å². The molecule has 8 heteroatoms. The highest BCUT2D eigenvalue weighted by molar-refractivity contribution is 5.93. The SMILES string of the molecule is C[n+]1cc(C(=O)NCCC[N+]2(C)CCCC2)ccc1/C=N/O.[I-].[I-]. The van der Waals surface area contributed by atoms with Crippen LogP contribution in [0.2, 0.25) is 0 Å². The molecule has 0 bridgehead atoms. The van der Waals surface area contributed by atoms with Crippen molar-refractivity contribution < 1.29 is 67.0 Å². The molecule has 0 saturated carbocycles. The normalized spacial score (nSPS) is 15.6. The van der Waals surface area contributed by atoms with Crippen molar-refractivity contribution in [2.45, 2.75) is 19.3 Å². The van der Waals surface area contributed by atoms with E-state index >= 15 is 0 Å². The zero-order valence-corrected chi connectivity index (χ0v) is 18.5. The molecule has 1 aliphatic rings. The molecule has 2 heterocycles. The topological polar surface area (TPSA) is 65.6 Å². The van der Waals surface area contributed by atoms with Crippen molar-refractivity contribution in [3.05, 3.63) is 29.6 Å². The number of carbonyl (C=O) groups excluding carboxylic acids is 1. The minimum absolute atomic E-state index is 0. The lowest BCUT2D eigenvalue weighted by molar-refractivity contribution is -0.897. The molecule has 24 heavy (non-hydrogen) atoms. The Morgan fingerprint density at radius 2 is 2.04 bits per heavy atom. The van der Waals surface area contributed by atoms with Crippen LogP contribution in [0, 0.1) is 0 Å². The van der Waals surface area contributed by atoms with Gasteiger partial charge in [0.1, 0.15) is 18.8 Å². The average Bonchev–Trinajstić information content (AvgIpc) is 2.93. The Morgan fingerprint density at radius 1 is 1.38 bits per heavy atom. The first-order valence-corrected chi connectivity index (χ1v) is 7.83. The summed E-state index contributed by atoms with van der Waals surface area (Å²) in [6.45, 7) is 4.35. The standard InChI is InChI=1S/C16H24N4O2.2HI/c1-19-13-14(6-7-15(19)12-18-22)16(21)17-8-5-11-20(2)9-3-4-10-20;;/h6-7,12-13H,3-5,8-11H2,1-2H3;2*1H. The zero-order valence-electron chi connectivity index (χ0n) is 14.2. The van der Waals surface area contributed by atoms with Crippen LogP contribution in [-0.2, 0) is 7.05 Å². The Labute approximate surface area is 177 Å². The number of carbonyl (C=O) groups is 1. The van der Waals surface area contributed by atoms with Crippen molar-refractivity contribution in [3.8, 4) is 0 Å². The summed E-state index contributed by atoms with van der Waals surface area (Å²) in [6, 6.07) is 3.49. The number of rotatable bonds is 6. The molecule has 1 aliphatic heterocycles. The number of aryl methyl sites for hydroxylation is 1. The van der Waals surface area contributed by atoms with Gasteiger partial charge in [0.15, 0.2) is 6.20 Å². The fraction of sp³-hybridized carbons (Fsp3) is 0.562. The molecule has 136 valence electrons.